The molecule has 0 bridgehead atoms. The molecular formula is C22H23N9O. The van der Waals surface area contributed by atoms with E-state index in [-0.39, 0.29) is 5.91 Å². The van der Waals surface area contributed by atoms with Crippen LogP contribution in [0.2, 0.25) is 0 Å². The molecule has 1 amide bonds. The molecule has 0 aliphatic carbocycles. The molecule has 3 aromatic heterocycles. The summed E-state index contributed by atoms with van der Waals surface area (Å²) >= 11 is 0. The molecule has 1 aromatic carbocycles. The monoisotopic (exact) mass is 429 g/mol. The molecule has 1 N–H and O–H groups in total. The van der Waals surface area contributed by atoms with E-state index in [0.717, 1.165) is 29.8 Å². The van der Waals surface area contributed by atoms with Gasteiger partial charge < -0.3 is 15.1 Å². The molecule has 5 rings (SSSR count). The first kappa shape index (κ1) is 19.9. The molecule has 10 heteroatoms. The van der Waals surface area contributed by atoms with Crippen LogP contribution < -0.4 is 10.2 Å². The quantitative estimate of drug-likeness (QED) is 0.494. The van der Waals surface area contributed by atoms with Crippen LogP contribution in [0.3, 0.4) is 0 Å². The van der Waals surface area contributed by atoms with Gasteiger partial charge in [0.25, 0.3) is 0 Å². The smallest absolute Gasteiger partial charge is 0.225 e. The van der Waals surface area contributed by atoms with Gasteiger partial charge in [-0.1, -0.05) is 18.2 Å². The number of para-hydroxylation sites is 1. The van der Waals surface area contributed by atoms with Crippen molar-refractivity contribution in [3.05, 3.63) is 61.3 Å². The van der Waals surface area contributed by atoms with Crippen LogP contribution in [0.15, 0.2) is 61.3 Å². The minimum atomic E-state index is 0.122. The number of aromatic nitrogens is 6. The van der Waals surface area contributed by atoms with E-state index in [2.05, 4.69) is 35.3 Å². The van der Waals surface area contributed by atoms with Crippen molar-refractivity contribution >= 4 is 28.7 Å². The van der Waals surface area contributed by atoms with E-state index in [1.165, 1.54) is 6.33 Å². The van der Waals surface area contributed by atoms with E-state index in [9.17, 15) is 4.79 Å². The van der Waals surface area contributed by atoms with Crippen LogP contribution in [-0.4, -0.2) is 73.2 Å². The van der Waals surface area contributed by atoms with E-state index < -0.39 is 0 Å². The van der Waals surface area contributed by atoms with Crippen LogP contribution in [0.1, 0.15) is 6.42 Å². The second-order valence-electron chi connectivity index (χ2n) is 7.44. The second-order valence-corrected chi connectivity index (χ2v) is 7.44. The molecule has 1 aliphatic rings. The van der Waals surface area contributed by atoms with Crippen molar-refractivity contribution < 1.29 is 4.79 Å². The summed E-state index contributed by atoms with van der Waals surface area (Å²) < 4.78 is 1.78. The second kappa shape index (κ2) is 8.96. The third kappa shape index (κ3) is 4.07. The van der Waals surface area contributed by atoms with Gasteiger partial charge in [0, 0.05) is 51.5 Å². The number of nitrogens with one attached hydrogen (secondary N) is 1. The van der Waals surface area contributed by atoms with Gasteiger partial charge in [0.1, 0.15) is 12.1 Å². The van der Waals surface area contributed by atoms with E-state index >= 15 is 0 Å². The summed E-state index contributed by atoms with van der Waals surface area (Å²) in [6, 6.07) is 11.6. The van der Waals surface area contributed by atoms with Crippen molar-refractivity contribution in [1.29, 1.82) is 0 Å². The van der Waals surface area contributed by atoms with E-state index in [0.29, 0.717) is 37.8 Å². The molecule has 0 saturated carbocycles. The predicted octanol–water partition coefficient (Wildman–Crippen LogP) is 1.76. The molecule has 32 heavy (non-hydrogen) atoms. The number of anilines is 2. The number of nitrogens with zero attached hydrogens (tertiary/aromatic N) is 8. The first-order chi connectivity index (χ1) is 15.8. The maximum atomic E-state index is 12.7. The summed E-state index contributed by atoms with van der Waals surface area (Å²) in [7, 11) is 0. The summed E-state index contributed by atoms with van der Waals surface area (Å²) in [5.41, 5.74) is 1.65. The molecule has 4 aromatic rings. The largest absolute Gasteiger partial charge is 0.369 e. The fraction of sp³-hybridized carbons (Fsp3) is 0.273. The van der Waals surface area contributed by atoms with Crippen molar-refractivity contribution in [2.75, 3.05) is 42.9 Å². The third-order valence-corrected chi connectivity index (χ3v) is 5.47. The molecule has 0 unspecified atom stereocenters. The van der Waals surface area contributed by atoms with Gasteiger partial charge in [-0.25, -0.2) is 24.6 Å². The molecule has 0 spiro atoms. The van der Waals surface area contributed by atoms with Crippen molar-refractivity contribution in [3.8, 4) is 5.69 Å². The Morgan fingerprint density at radius 2 is 1.72 bits per heavy atom. The maximum Gasteiger partial charge on any atom is 0.225 e. The lowest BCUT2D eigenvalue weighted by Crippen LogP contribution is -2.49. The zero-order valence-electron chi connectivity index (χ0n) is 17.5. The van der Waals surface area contributed by atoms with Gasteiger partial charge in [-0.05, 0) is 18.2 Å². The number of carbonyl (C=O) groups excluding carboxylic acids is 1. The average molecular weight is 429 g/mol. The molecule has 0 radical (unpaired) electrons. The highest BCUT2D eigenvalue weighted by Crippen LogP contribution is 2.21. The van der Waals surface area contributed by atoms with Gasteiger partial charge in [-0.3, -0.25) is 4.79 Å². The Hall–Kier alpha value is -4.08. The number of hydrogen-bond donors (Lipinski definition) is 1. The van der Waals surface area contributed by atoms with Gasteiger partial charge in [-0.15, -0.1) is 0 Å². The van der Waals surface area contributed by atoms with Crippen LogP contribution >= 0.6 is 0 Å². The number of benzene rings is 1. The lowest BCUT2D eigenvalue weighted by Gasteiger charge is -2.34. The van der Waals surface area contributed by atoms with E-state index in [4.69, 9.17) is 0 Å². The van der Waals surface area contributed by atoms with Crippen LogP contribution in [-0.2, 0) is 4.79 Å². The summed E-state index contributed by atoms with van der Waals surface area (Å²) in [4.78, 5) is 34.0. The van der Waals surface area contributed by atoms with Gasteiger partial charge in [0.15, 0.2) is 5.65 Å². The maximum absolute atomic E-state index is 12.7. The summed E-state index contributed by atoms with van der Waals surface area (Å²) in [6.07, 6.45) is 7.12. The number of carbonyl (C=O) groups is 1. The Labute approximate surface area is 184 Å². The van der Waals surface area contributed by atoms with Crippen molar-refractivity contribution in [2.24, 2.45) is 0 Å². The average Bonchev–Trinajstić information content (AvgIpc) is 3.30. The van der Waals surface area contributed by atoms with Gasteiger partial charge in [0.2, 0.25) is 11.9 Å². The van der Waals surface area contributed by atoms with Crippen molar-refractivity contribution in [3.63, 3.8) is 0 Å². The zero-order valence-corrected chi connectivity index (χ0v) is 17.5. The normalized spacial score (nSPS) is 14.0. The van der Waals surface area contributed by atoms with E-state index in [1.54, 1.807) is 29.3 Å². The summed E-state index contributed by atoms with van der Waals surface area (Å²) in [5.74, 6) is 1.51. The fourth-order valence-electron chi connectivity index (χ4n) is 3.80. The van der Waals surface area contributed by atoms with Crippen LogP contribution in [0.5, 0.6) is 0 Å². The van der Waals surface area contributed by atoms with Gasteiger partial charge in [-0.2, -0.15) is 5.10 Å². The number of hydrogen-bond acceptors (Lipinski definition) is 8. The van der Waals surface area contributed by atoms with Crippen LogP contribution in [0.4, 0.5) is 11.8 Å². The SMILES string of the molecule is O=C(CCNc1ncnc2c1cnn2-c1ccccc1)N1CCN(c2ncccn2)CC1. The highest BCUT2D eigenvalue weighted by Gasteiger charge is 2.22. The molecular weight excluding hydrogens is 406 g/mol. The highest BCUT2D eigenvalue weighted by molar-refractivity contribution is 5.87. The Bertz CT molecular complexity index is 1190. The zero-order chi connectivity index (χ0) is 21.8. The first-order valence-corrected chi connectivity index (χ1v) is 10.6. The Morgan fingerprint density at radius 3 is 2.50 bits per heavy atom. The molecule has 162 valence electrons. The Kier molecular flexibility index (Phi) is 5.56. The third-order valence-electron chi connectivity index (χ3n) is 5.47. The lowest BCUT2D eigenvalue weighted by molar-refractivity contribution is -0.131. The molecule has 0 atom stereocenters. The predicted molar refractivity (Wildman–Crippen MR) is 121 cm³/mol. The van der Waals surface area contributed by atoms with Gasteiger partial charge in [0.05, 0.1) is 17.3 Å². The molecule has 1 fully saturated rings. The Morgan fingerprint density at radius 1 is 0.938 bits per heavy atom. The number of piperazine rings is 1. The lowest BCUT2D eigenvalue weighted by atomic mass is 10.2. The van der Waals surface area contributed by atoms with Crippen LogP contribution in [0.25, 0.3) is 16.7 Å². The molecule has 1 aliphatic heterocycles. The molecule has 10 nitrogen and oxygen atoms in total. The minimum absolute atomic E-state index is 0.122. The highest BCUT2D eigenvalue weighted by atomic mass is 16.2. The first-order valence-electron chi connectivity index (χ1n) is 10.6. The summed E-state index contributed by atoms with van der Waals surface area (Å²) in [5, 5.41) is 8.55. The van der Waals surface area contributed by atoms with Crippen molar-refractivity contribution in [2.45, 2.75) is 6.42 Å². The standard InChI is InChI=1S/C22H23N9O/c32-19(29-11-13-30(14-12-29)22-24-8-4-9-25-22)7-10-23-20-18-15-28-31(21(18)27-16-26-20)17-5-2-1-3-6-17/h1-6,8-9,15-16H,7,10-14H2,(H,23,26,27). The van der Waals surface area contributed by atoms with Crippen molar-refractivity contribution in [1.82, 2.24) is 34.6 Å². The summed E-state index contributed by atoms with van der Waals surface area (Å²) in [6.45, 7) is 3.28. The van der Waals surface area contributed by atoms with Gasteiger partial charge >= 0.3 is 0 Å². The number of fused-ring (bicyclic) bond motifs is 1. The molecule has 4 heterocycles. The minimum Gasteiger partial charge on any atom is -0.369 e. The van der Waals surface area contributed by atoms with E-state index in [1.807, 2.05) is 35.2 Å². The Balaban J connectivity index is 1.17. The number of rotatable bonds is 6. The topological polar surface area (TPSA) is 105 Å². The number of amides is 1. The van der Waals surface area contributed by atoms with Crippen LogP contribution in [0, 0.1) is 0 Å². The molecule has 1 saturated heterocycles. The fourth-order valence-corrected chi connectivity index (χ4v) is 3.80.